The van der Waals surface area contributed by atoms with E-state index in [0.717, 1.165) is 28.3 Å². The first-order chi connectivity index (χ1) is 13.2. The summed E-state index contributed by atoms with van der Waals surface area (Å²) in [6, 6.07) is 12.6. The van der Waals surface area contributed by atoms with Crippen LogP contribution in [0.25, 0.3) is 20.2 Å². The van der Waals surface area contributed by atoms with E-state index in [0.29, 0.717) is 0 Å². The highest BCUT2D eigenvalue weighted by atomic mass is 32.1. The van der Waals surface area contributed by atoms with Crippen molar-refractivity contribution in [1.29, 1.82) is 0 Å². The average Bonchev–Trinajstić information content (AvgIpc) is 2.69. The lowest BCUT2D eigenvalue weighted by molar-refractivity contribution is 0.662. The average molecular weight is 381 g/mol. The standard InChI is InChI=1S/C25H32OS/c1-3-5-7-9-13-19-17-20(14-10-8-6-4-2)25-22(18-19)24(26)21-15-11-12-16-23(21)27-25/h11-12,15-18H,3-10,13-14H2,1-2H3. The van der Waals surface area contributed by atoms with Crippen molar-refractivity contribution in [3.8, 4) is 0 Å². The molecule has 27 heavy (non-hydrogen) atoms. The summed E-state index contributed by atoms with van der Waals surface area (Å²) in [4.78, 5) is 13.2. The number of unbranched alkanes of at least 4 members (excludes halogenated alkanes) is 6. The van der Waals surface area contributed by atoms with E-state index in [4.69, 9.17) is 0 Å². The van der Waals surface area contributed by atoms with Crippen molar-refractivity contribution in [2.45, 2.75) is 78.1 Å². The molecule has 3 aromatic rings. The van der Waals surface area contributed by atoms with Gasteiger partial charge >= 0.3 is 0 Å². The Kier molecular flexibility index (Phi) is 7.46. The maximum Gasteiger partial charge on any atom is 0.195 e. The Morgan fingerprint density at radius 2 is 1.48 bits per heavy atom. The van der Waals surface area contributed by atoms with Gasteiger partial charge in [-0.25, -0.2) is 0 Å². The molecule has 144 valence electrons. The maximum atomic E-state index is 13.2. The van der Waals surface area contributed by atoms with Gasteiger partial charge in [-0.3, -0.25) is 4.79 Å². The minimum atomic E-state index is 0.213. The van der Waals surface area contributed by atoms with Crippen molar-refractivity contribution in [3.05, 3.63) is 57.7 Å². The van der Waals surface area contributed by atoms with E-state index in [2.05, 4.69) is 32.0 Å². The first-order valence-corrected chi connectivity index (χ1v) is 11.5. The molecular weight excluding hydrogens is 348 g/mol. The highest BCUT2D eigenvalue weighted by Crippen LogP contribution is 2.30. The van der Waals surface area contributed by atoms with Gasteiger partial charge < -0.3 is 0 Å². The molecule has 0 fully saturated rings. The molecule has 0 amide bonds. The summed E-state index contributed by atoms with van der Waals surface area (Å²) in [6.07, 6.45) is 12.3. The van der Waals surface area contributed by atoms with Crippen LogP contribution in [-0.2, 0) is 12.8 Å². The van der Waals surface area contributed by atoms with E-state index in [9.17, 15) is 4.79 Å². The fraction of sp³-hybridized carbons (Fsp3) is 0.480. The lowest BCUT2D eigenvalue weighted by Crippen LogP contribution is -2.04. The highest BCUT2D eigenvalue weighted by Gasteiger charge is 2.11. The van der Waals surface area contributed by atoms with Crippen LogP contribution in [0.15, 0.2) is 41.2 Å². The van der Waals surface area contributed by atoms with Crippen LogP contribution < -0.4 is 5.43 Å². The summed E-state index contributed by atoms with van der Waals surface area (Å²) < 4.78 is 2.33. The molecule has 0 atom stereocenters. The largest absolute Gasteiger partial charge is 0.289 e. The van der Waals surface area contributed by atoms with Crippen LogP contribution in [0.2, 0.25) is 0 Å². The summed E-state index contributed by atoms with van der Waals surface area (Å²) in [6.45, 7) is 4.50. The summed E-state index contributed by atoms with van der Waals surface area (Å²) in [5, 5.41) is 1.81. The molecule has 0 aliphatic carbocycles. The maximum absolute atomic E-state index is 13.2. The van der Waals surface area contributed by atoms with E-state index >= 15 is 0 Å². The van der Waals surface area contributed by atoms with Crippen molar-refractivity contribution in [2.24, 2.45) is 0 Å². The number of hydrogen-bond acceptors (Lipinski definition) is 2. The van der Waals surface area contributed by atoms with Gasteiger partial charge in [0.2, 0.25) is 0 Å². The molecule has 1 heterocycles. The molecule has 0 aliphatic rings. The fourth-order valence-electron chi connectivity index (χ4n) is 3.87. The molecule has 0 spiro atoms. The normalized spacial score (nSPS) is 11.5. The third kappa shape index (κ3) is 4.99. The minimum Gasteiger partial charge on any atom is -0.289 e. The van der Waals surface area contributed by atoms with Gasteiger partial charge in [-0.1, -0.05) is 70.6 Å². The molecule has 0 saturated carbocycles. The van der Waals surface area contributed by atoms with Crippen LogP contribution in [0.1, 0.15) is 76.3 Å². The Morgan fingerprint density at radius 1 is 0.778 bits per heavy atom. The molecule has 0 saturated heterocycles. The van der Waals surface area contributed by atoms with Gasteiger partial charge in [0.05, 0.1) is 0 Å². The predicted molar refractivity (Wildman–Crippen MR) is 121 cm³/mol. The van der Waals surface area contributed by atoms with Crippen molar-refractivity contribution in [1.82, 2.24) is 0 Å². The van der Waals surface area contributed by atoms with E-state index in [-0.39, 0.29) is 5.43 Å². The highest BCUT2D eigenvalue weighted by molar-refractivity contribution is 7.24. The van der Waals surface area contributed by atoms with Gasteiger partial charge in [-0.05, 0) is 55.0 Å². The molecule has 1 aromatic heterocycles. The minimum absolute atomic E-state index is 0.213. The van der Waals surface area contributed by atoms with Crippen LogP contribution in [0.5, 0.6) is 0 Å². The molecule has 0 N–H and O–H groups in total. The Balaban J connectivity index is 2.00. The molecule has 0 bridgehead atoms. The molecule has 2 aromatic carbocycles. The quantitative estimate of drug-likeness (QED) is 0.260. The van der Waals surface area contributed by atoms with Gasteiger partial charge in [0.15, 0.2) is 5.43 Å². The zero-order valence-corrected chi connectivity index (χ0v) is 17.7. The smallest absolute Gasteiger partial charge is 0.195 e. The second-order valence-electron chi connectivity index (χ2n) is 7.68. The van der Waals surface area contributed by atoms with Gasteiger partial charge in [-0.2, -0.15) is 0 Å². The predicted octanol–water partition coefficient (Wildman–Crippen LogP) is 7.66. The second kappa shape index (κ2) is 10.0. The first-order valence-electron chi connectivity index (χ1n) is 10.7. The van der Waals surface area contributed by atoms with Gasteiger partial charge in [0.25, 0.3) is 0 Å². The zero-order valence-electron chi connectivity index (χ0n) is 16.9. The van der Waals surface area contributed by atoms with E-state index in [1.165, 1.54) is 67.2 Å². The Hall–Kier alpha value is -1.67. The van der Waals surface area contributed by atoms with Gasteiger partial charge in [0, 0.05) is 20.2 Å². The molecule has 0 aliphatic heterocycles. The SMILES string of the molecule is CCCCCCc1cc(CCCCCC)c2sc3ccccc3c(=O)c2c1. The number of hydrogen-bond donors (Lipinski definition) is 0. The van der Waals surface area contributed by atoms with Crippen LogP contribution in [0.3, 0.4) is 0 Å². The fourth-order valence-corrected chi connectivity index (χ4v) is 5.06. The Labute approximate surface area is 167 Å². The molecule has 0 unspecified atom stereocenters. The number of fused-ring (bicyclic) bond motifs is 2. The van der Waals surface area contributed by atoms with Crippen LogP contribution >= 0.6 is 11.3 Å². The third-order valence-corrected chi connectivity index (χ3v) is 6.69. The summed E-state index contributed by atoms with van der Waals surface area (Å²) in [7, 11) is 0. The molecule has 3 rings (SSSR count). The van der Waals surface area contributed by atoms with Crippen LogP contribution in [-0.4, -0.2) is 0 Å². The van der Waals surface area contributed by atoms with E-state index < -0.39 is 0 Å². The topological polar surface area (TPSA) is 17.1 Å². The Morgan fingerprint density at radius 3 is 2.22 bits per heavy atom. The van der Waals surface area contributed by atoms with Gasteiger partial charge in [-0.15, -0.1) is 11.3 Å². The number of aryl methyl sites for hydroxylation is 2. The summed E-state index contributed by atoms with van der Waals surface area (Å²) in [5.74, 6) is 0. The van der Waals surface area contributed by atoms with Gasteiger partial charge in [0.1, 0.15) is 0 Å². The lowest BCUT2D eigenvalue weighted by Gasteiger charge is -2.11. The van der Waals surface area contributed by atoms with Crippen molar-refractivity contribution >= 4 is 31.5 Å². The summed E-state index contributed by atoms with van der Waals surface area (Å²) >= 11 is 1.80. The lowest BCUT2D eigenvalue weighted by atomic mass is 9.98. The molecule has 0 radical (unpaired) electrons. The number of rotatable bonds is 10. The Bertz CT molecular complexity index is 938. The molecule has 1 nitrogen and oxygen atoms in total. The second-order valence-corrected chi connectivity index (χ2v) is 8.73. The van der Waals surface area contributed by atoms with Crippen molar-refractivity contribution in [2.75, 3.05) is 0 Å². The van der Waals surface area contributed by atoms with Crippen molar-refractivity contribution < 1.29 is 0 Å². The van der Waals surface area contributed by atoms with Crippen LogP contribution in [0, 0.1) is 0 Å². The van der Waals surface area contributed by atoms with E-state index in [1.54, 1.807) is 11.3 Å². The number of benzene rings is 2. The van der Waals surface area contributed by atoms with Crippen LogP contribution in [0.4, 0.5) is 0 Å². The van der Waals surface area contributed by atoms with E-state index in [1.807, 2.05) is 18.2 Å². The molecular formula is C25H32OS. The zero-order chi connectivity index (χ0) is 19.1. The third-order valence-electron chi connectivity index (χ3n) is 5.43. The molecule has 2 heteroatoms. The monoisotopic (exact) mass is 380 g/mol. The first kappa shape index (κ1) is 20.1. The summed E-state index contributed by atoms with van der Waals surface area (Å²) in [5.41, 5.74) is 2.95. The van der Waals surface area contributed by atoms with Crippen molar-refractivity contribution in [3.63, 3.8) is 0 Å².